The van der Waals surface area contributed by atoms with Gasteiger partial charge in [-0.05, 0) is 43.0 Å². The van der Waals surface area contributed by atoms with E-state index in [-0.39, 0.29) is 0 Å². The molecule has 0 spiro atoms. The summed E-state index contributed by atoms with van der Waals surface area (Å²) in [7, 11) is 0. The molecule has 86 valence electrons. The molecule has 0 atom stereocenters. The molecule has 17 heavy (non-hydrogen) atoms. The molecule has 1 heterocycles. The summed E-state index contributed by atoms with van der Waals surface area (Å²) in [6.07, 6.45) is 7.86. The first-order valence-corrected chi connectivity index (χ1v) is 6.16. The molecular weight excluding hydrogens is 206 g/mol. The summed E-state index contributed by atoms with van der Waals surface area (Å²) >= 11 is 0. The number of anilines is 1. The first-order chi connectivity index (χ1) is 8.24. The Hall–Kier alpha value is -1.76. The Kier molecular flexibility index (Phi) is 2.40. The van der Waals surface area contributed by atoms with Crippen LogP contribution in [0.2, 0.25) is 0 Å². The maximum absolute atomic E-state index is 3.52. The molecule has 0 amide bonds. The Morgan fingerprint density at radius 3 is 2.88 bits per heavy atom. The normalized spacial score (nSPS) is 17.9. The Labute approximate surface area is 103 Å². The van der Waals surface area contributed by atoms with E-state index in [2.05, 4.69) is 55.6 Å². The minimum absolute atomic E-state index is 0.972. The average Bonchev–Trinajstić information content (AvgIpc) is 2.51. The molecule has 0 saturated carbocycles. The Balaban J connectivity index is 2.13. The van der Waals surface area contributed by atoms with Gasteiger partial charge in [0.05, 0.1) is 0 Å². The van der Waals surface area contributed by atoms with Crippen molar-refractivity contribution in [3.63, 3.8) is 0 Å². The van der Waals surface area contributed by atoms with Crippen LogP contribution < -0.4 is 5.32 Å². The summed E-state index contributed by atoms with van der Waals surface area (Å²) in [5.74, 6) is 0. The van der Waals surface area contributed by atoms with Crippen LogP contribution in [-0.2, 0) is 0 Å². The molecule has 1 aliphatic heterocycles. The minimum atomic E-state index is 0.972. The van der Waals surface area contributed by atoms with Crippen molar-refractivity contribution < 1.29 is 0 Å². The van der Waals surface area contributed by atoms with Crippen LogP contribution in [0.5, 0.6) is 0 Å². The van der Waals surface area contributed by atoms with Crippen molar-refractivity contribution in [2.24, 2.45) is 0 Å². The van der Waals surface area contributed by atoms with E-state index in [4.69, 9.17) is 0 Å². The molecule has 0 aromatic heterocycles. The molecule has 2 aliphatic rings. The van der Waals surface area contributed by atoms with Crippen molar-refractivity contribution in [2.45, 2.75) is 20.3 Å². The van der Waals surface area contributed by atoms with Gasteiger partial charge < -0.3 is 5.32 Å². The summed E-state index contributed by atoms with van der Waals surface area (Å²) in [5, 5.41) is 3.52. The van der Waals surface area contributed by atoms with Crippen molar-refractivity contribution >= 4 is 11.3 Å². The second-order valence-electron chi connectivity index (χ2n) is 4.91. The first kappa shape index (κ1) is 10.4. The Morgan fingerprint density at radius 2 is 2.00 bits per heavy atom. The molecule has 0 radical (unpaired) electrons. The van der Waals surface area contributed by atoms with Crippen LogP contribution in [0.25, 0.3) is 5.57 Å². The molecule has 1 aliphatic carbocycles. The lowest BCUT2D eigenvalue weighted by atomic mass is 9.92. The topological polar surface area (TPSA) is 12.0 Å². The fraction of sp³-hybridized carbons (Fsp3) is 0.250. The van der Waals surface area contributed by atoms with E-state index in [0.717, 1.165) is 13.0 Å². The van der Waals surface area contributed by atoms with E-state index in [1.54, 1.807) is 0 Å². The zero-order chi connectivity index (χ0) is 11.8. The maximum atomic E-state index is 3.52. The average molecular weight is 223 g/mol. The van der Waals surface area contributed by atoms with Gasteiger partial charge >= 0.3 is 0 Å². The van der Waals surface area contributed by atoms with Gasteiger partial charge in [-0.1, -0.05) is 35.9 Å². The molecule has 1 aromatic carbocycles. The molecule has 1 heteroatoms. The number of benzene rings is 1. The lowest BCUT2D eigenvalue weighted by molar-refractivity contribution is 1.10. The number of hydrogen-bond donors (Lipinski definition) is 1. The molecule has 0 unspecified atom stereocenters. The highest BCUT2D eigenvalue weighted by molar-refractivity contribution is 5.88. The van der Waals surface area contributed by atoms with Crippen LogP contribution in [0.3, 0.4) is 0 Å². The summed E-state index contributed by atoms with van der Waals surface area (Å²) in [5.41, 5.74) is 8.19. The second kappa shape index (κ2) is 3.92. The predicted molar refractivity (Wildman–Crippen MR) is 74.1 cm³/mol. The maximum Gasteiger partial charge on any atom is 0.0425 e. The van der Waals surface area contributed by atoms with Crippen LogP contribution in [0.1, 0.15) is 24.5 Å². The second-order valence-corrected chi connectivity index (χ2v) is 4.91. The van der Waals surface area contributed by atoms with E-state index in [0.29, 0.717) is 0 Å². The van der Waals surface area contributed by atoms with Crippen LogP contribution in [0, 0.1) is 6.92 Å². The highest BCUT2D eigenvalue weighted by atomic mass is 14.9. The van der Waals surface area contributed by atoms with Crippen molar-refractivity contribution in [1.29, 1.82) is 0 Å². The number of nitrogens with one attached hydrogen (secondary N) is 1. The highest BCUT2D eigenvalue weighted by Gasteiger charge is 2.17. The van der Waals surface area contributed by atoms with Crippen LogP contribution in [0.15, 0.2) is 47.6 Å². The summed E-state index contributed by atoms with van der Waals surface area (Å²) in [6.45, 7) is 5.28. The van der Waals surface area contributed by atoms with Crippen LogP contribution in [-0.4, -0.2) is 6.54 Å². The SMILES string of the molecule is CC1=CCC2=C(C=C1)c1ccc(C)cc1NC2. The molecule has 3 rings (SSSR count). The smallest absolute Gasteiger partial charge is 0.0425 e. The van der Waals surface area contributed by atoms with Gasteiger partial charge in [0, 0.05) is 17.8 Å². The number of aryl methyl sites for hydroxylation is 1. The Morgan fingerprint density at radius 1 is 1.12 bits per heavy atom. The van der Waals surface area contributed by atoms with Gasteiger partial charge in [-0.15, -0.1) is 0 Å². The van der Waals surface area contributed by atoms with Crippen molar-refractivity contribution in [3.8, 4) is 0 Å². The van der Waals surface area contributed by atoms with Gasteiger partial charge in [0.2, 0.25) is 0 Å². The lowest BCUT2D eigenvalue weighted by Crippen LogP contribution is -2.13. The van der Waals surface area contributed by atoms with Gasteiger partial charge in [0.1, 0.15) is 0 Å². The minimum Gasteiger partial charge on any atom is -0.381 e. The summed E-state index contributed by atoms with van der Waals surface area (Å²) in [6, 6.07) is 6.66. The first-order valence-electron chi connectivity index (χ1n) is 6.16. The highest BCUT2D eigenvalue weighted by Crippen LogP contribution is 2.35. The number of fused-ring (bicyclic) bond motifs is 2. The van der Waals surface area contributed by atoms with Crippen LogP contribution >= 0.6 is 0 Å². The summed E-state index contributed by atoms with van der Waals surface area (Å²) < 4.78 is 0. The van der Waals surface area contributed by atoms with E-state index < -0.39 is 0 Å². The molecule has 0 saturated heterocycles. The fourth-order valence-corrected chi connectivity index (χ4v) is 2.48. The molecule has 1 nitrogen and oxygen atoms in total. The van der Waals surface area contributed by atoms with Gasteiger partial charge in [-0.25, -0.2) is 0 Å². The van der Waals surface area contributed by atoms with E-state index >= 15 is 0 Å². The molecule has 0 fully saturated rings. The number of allylic oxidation sites excluding steroid dienone is 5. The van der Waals surface area contributed by atoms with Gasteiger partial charge in [0.15, 0.2) is 0 Å². The van der Waals surface area contributed by atoms with Gasteiger partial charge in [0.25, 0.3) is 0 Å². The third-order valence-corrected chi connectivity index (χ3v) is 3.52. The third-order valence-electron chi connectivity index (χ3n) is 3.52. The third kappa shape index (κ3) is 1.82. The number of hydrogen-bond acceptors (Lipinski definition) is 1. The van der Waals surface area contributed by atoms with Gasteiger partial charge in [-0.3, -0.25) is 0 Å². The molecule has 1 N–H and O–H groups in total. The van der Waals surface area contributed by atoms with Crippen molar-refractivity contribution in [3.05, 3.63) is 58.7 Å². The zero-order valence-electron chi connectivity index (χ0n) is 10.4. The quantitative estimate of drug-likeness (QED) is 0.698. The standard InChI is InChI=1S/C16H17N/c1-11-3-6-13-10-17-16-9-12(2)5-8-15(16)14(13)7-4-11/h3-5,7-9,17H,6,10H2,1-2H3. The van der Waals surface area contributed by atoms with Crippen LogP contribution in [0.4, 0.5) is 5.69 Å². The van der Waals surface area contributed by atoms with E-state index in [1.165, 1.54) is 33.5 Å². The number of rotatable bonds is 0. The monoisotopic (exact) mass is 223 g/mol. The molecule has 0 bridgehead atoms. The zero-order valence-corrected chi connectivity index (χ0v) is 10.4. The molecular formula is C16H17N. The largest absolute Gasteiger partial charge is 0.381 e. The van der Waals surface area contributed by atoms with E-state index in [1.807, 2.05) is 0 Å². The lowest BCUT2D eigenvalue weighted by Gasteiger charge is -2.23. The summed E-state index contributed by atoms with van der Waals surface area (Å²) in [4.78, 5) is 0. The van der Waals surface area contributed by atoms with Gasteiger partial charge in [-0.2, -0.15) is 0 Å². The fourth-order valence-electron chi connectivity index (χ4n) is 2.48. The van der Waals surface area contributed by atoms with E-state index in [9.17, 15) is 0 Å². The van der Waals surface area contributed by atoms with Crippen molar-refractivity contribution in [1.82, 2.24) is 0 Å². The Bertz CT molecular complexity index is 559. The predicted octanol–water partition coefficient (Wildman–Crippen LogP) is 4.08. The van der Waals surface area contributed by atoms with Crippen molar-refractivity contribution in [2.75, 3.05) is 11.9 Å². The molecule has 1 aromatic rings.